The molecule has 31 heavy (non-hydrogen) atoms. The molecule has 1 saturated heterocycles. The Morgan fingerprint density at radius 1 is 1.26 bits per heavy atom. The van der Waals surface area contributed by atoms with Crippen molar-refractivity contribution in [2.24, 2.45) is 0 Å². The van der Waals surface area contributed by atoms with Crippen molar-refractivity contribution in [1.82, 2.24) is 24.8 Å². The Bertz CT molecular complexity index is 1110. The number of nitrogens with one attached hydrogen (secondary N) is 1. The fraction of sp³-hybridized carbons (Fsp3) is 0.455. The summed E-state index contributed by atoms with van der Waals surface area (Å²) in [6.45, 7) is 2.82. The number of methoxy groups -OCH3 is 1. The molecule has 9 heteroatoms. The number of ether oxygens (including phenoxy) is 1. The summed E-state index contributed by atoms with van der Waals surface area (Å²) in [5.41, 5.74) is 3.78. The molecule has 0 bridgehead atoms. The van der Waals surface area contributed by atoms with Gasteiger partial charge in [-0.25, -0.2) is 19.9 Å². The molecule has 0 aliphatic carbocycles. The number of rotatable bonds is 5. The lowest BCUT2D eigenvalue weighted by atomic mass is 10.1. The molecule has 2 aliphatic rings. The predicted molar refractivity (Wildman–Crippen MR) is 119 cm³/mol. The van der Waals surface area contributed by atoms with E-state index >= 15 is 0 Å². The number of fused-ring (bicyclic) bond motifs is 2. The van der Waals surface area contributed by atoms with Gasteiger partial charge in [-0.05, 0) is 37.6 Å². The number of pyridine rings is 2. The van der Waals surface area contributed by atoms with Crippen molar-refractivity contribution in [3.63, 3.8) is 0 Å². The third kappa shape index (κ3) is 3.75. The highest BCUT2D eigenvalue weighted by Gasteiger charge is 2.27. The Morgan fingerprint density at radius 3 is 3.00 bits per heavy atom. The molecule has 9 nitrogen and oxygen atoms in total. The number of aromatic nitrogens is 4. The zero-order valence-electron chi connectivity index (χ0n) is 17.9. The highest BCUT2D eigenvalue weighted by atomic mass is 16.5. The van der Waals surface area contributed by atoms with Gasteiger partial charge in [0.05, 0.1) is 25.5 Å². The lowest BCUT2D eigenvalue weighted by molar-refractivity contribution is 0.266. The van der Waals surface area contributed by atoms with Crippen LogP contribution in [0.2, 0.25) is 0 Å². The van der Waals surface area contributed by atoms with Crippen molar-refractivity contribution >= 4 is 28.4 Å². The zero-order chi connectivity index (χ0) is 21.4. The summed E-state index contributed by atoms with van der Waals surface area (Å²) in [5.74, 6) is 1.79. The molecule has 5 heterocycles. The Morgan fingerprint density at radius 2 is 2.16 bits per heavy atom. The third-order valence-corrected chi connectivity index (χ3v) is 6.11. The van der Waals surface area contributed by atoms with E-state index in [1.165, 1.54) is 5.56 Å². The molecule has 1 atom stereocenters. The molecule has 0 unspecified atom stereocenters. The fourth-order valence-corrected chi connectivity index (χ4v) is 4.48. The van der Waals surface area contributed by atoms with Gasteiger partial charge in [0.15, 0.2) is 5.82 Å². The molecule has 0 spiro atoms. The minimum absolute atomic E-state index is 0.0754. The monoisotopic (exact) mass is 421 g/mol. The normalized spacial score (nSPS) is 18.9. The molecule has 0 aromatic carbocycles. The second kappa shape index (κ2) is 8.24. The van der Waals surface area contributed by atoms with Gasteiger partial charge in [0, 0.05) is 43.8 Å². The average molecular weight is 422 g/mol. The third-order valence-electron chi connectivity index (χ3n) is 6.11. The average Bonchev–Trinajstić information content (AvgIpc) is 3.27. The number of nitrogens with zero attached hydrogens (tertiary/aromatic N) is 6. The Balaban J connectivity index is 1.51. The summed E-state index contributed by atoms with van der Waals surface area (Å²) in [7, 11) is 3.74. The van der Waals surface area contributed by atoms with E-state index in [0.717, 1.165) is 67.0 Å². The van der Waals surface area contributed by atoms with Crippen molar-refractivity contribution in [2.75, 3.05) is 44.1 Å². The number of likely N-dealkylation sites (N-methyl/N-ethyl adjacent to an activating group) is 1. The van der Waals surface area contributed by atoms with E-state index in [9.17, 15) is 5.11 Å². The van der Waals surface area contributed by atoms with Gasteiger partial charge in [-0.3, -0.25) is 0 Å². The zero-order valence-corrected chi connectivity index (χ0v) is 17.9. The van der Waals surface area contributed by atoms with E-state index in [4.69, 9.17) is 14.7 Å². The second-order valence-corrected chi connectivity index (χ2v) is 8.20. The van der Waals surface area contributed by atoms with Crippen LogP contribution >= 0.6 is 0 Å². The molecular weight excluding hydrogens is 394 g/mol. The summed E-state index contributed by atoms with van der Waals surface area (Å²) in [6.07, 6.45) is 6.47. The number of aliphatic hydroxyl groups excluding tert-OH is 1. The van der Waals surface area contributed by atoms with Crippen LogP contribution in [0.5, 0.6) is 5.88 Å². The van der Waals surface area contributed by atoms with Crippen LogP contribution in [0.1, 0.15) is 24.1 Å². The number of aliphatic hydroxyl groups is 1. The van der Waals surface area contributed by atoms with E-state index in [2.05, 4.69) is 38.2 Å². The molecule has 5 rings (SSSR count). The van der Waals surface area contributed by atoms with Crippen molar-refractivity contribution in [1.29, 1.82) is 0 Å². The van der Waals surface area contributed by atoms with Gasteiger partial charge >= 0.3 is 0 Å². The highest BCUT2D eigenvalue weighted by molar-refractivity contribution is 5.89. The van der Waals surface area contributed by atoms with Gasteiger partial charge in [-0.1, -0.05) is 0 Å². The first-order valence-electron chi connectivity index (χ1n) is 10.7. The smallest absolute Gasteiger partial charge is 0.237 e. The molecule has 0 amide bonds. The van der Waals surface area contributed by atoms with Crippen molar-refractivity contribution in [2.45, 2.75) is 31.8 Å². The first kappa shape index (κ1) is 19.9. The van der Waals surface area contributed by atoms with Crippen LogP contribution in [0.4, 0.5) is 17.5 Å². The molecule has 162 valence electrons. The van der Waals surface area contributed by atoms with Crippen molar-refractivity contribution in [3.8, 4) is 5.88 Å². The Kier molecular flexibility index (Phi) is 5.29. The Labute approximate surface area is 181 Å². The number of hydrogen-bond donors (Lipinski definition) is 2. The van der Waals surface area contributed by atoms with E-state index < -0.39 is 0 Å². The van der Waals surface area contributed by atoms with Crippen LogP contribution in [-0.2, 0) is 13.0 Å². The van der Waals surface area contributed by atoms with Gasteiger partial charge in [0.25, 0.3) is 0 Å². The van der Waals surface area contributed by atoms with Crippen LogP contribution < -0.4 is 15.0 Å². The largest absolute Gasteiger partial charge is 0.480 e. The second-order valence-electron chi connectivity index (χ2n) is 8.20. The van der Waals surface area contributed by atoms with Crippen molar-refractivity contribution < 1.29 is 9.84 Å². The first-order chi connectivity index (χ1) is 15.2. The maximum Gasteiger partial charge on any atom is 0.237 e. The van der Waals surface area contributed by atoms with E-state index in [0.29, 0.717) is 11.8 Å². The topological polar surface area (TPSA) is 99.5 Å². The predicted octanol–water partition coefficient (Wildman–Crippen LogP) is 2.12. The molecule has 3 aromatic rings. The quantitative estimate of drug-likeness (QED) is 0.642. The minimum Gasteiger partial charge on any atom is -0.480 e. The molecule has 1 fully saturated rings. The van der Waals surface area contributed by atoms with E-state index in [1.807, 2.05) is 6.07 Å². The molecule has 2 aliphatic heterocycles. The summed E-state index contributed by atoms with van der Waals surface area (Å²) < 4.78 is 5.54. The van der Waals surface area contributed by atoms with Crippen molar-refractivity contribution in [3.05, 3.63) is 35.8 Å². The summed E-state index contributed by atoms with van der Waals surface area (Å²) >= 11 is 0. The summed E-state index contributed by atoms with van der Waals surface area (Å²) in [6, 6.07) is 4.06. The van der Waals surface area contributed by atoms with Crippen LogP contribution in [0, 0.1) is 0 Å². The lowest BCUT2D eigenvalue weighted by Crippen LogP contribution is -2.33. The molecule has 0 saturated carbocycles. The highest BCUT2D eigenvalue weighted by Crippen LogP contribution is 2.32. The maximum absolute atomic E-state index is 9.75. The minimum atomic E-state index is 0.0754. The van der Waals surface area contributed by atoms with Crippen LogP contribution in [0.3, 0.4) is 0 Å². The standard InChI is InChI=1S/C22H27N7O2/c1-28-9-6-17-15(12-28)10-18(21(25-17)31-2)26-22-24-11-14-5-7-23-20(19(14)27-22)29-8-3-4-16(29)13-30/h5,7,10-11,16,30H,3-4,6,8-9,12-13H2,1-2H3,(H,24,26,27)/t16-/m0/s1. The molecule has 2 N–H and O–H groups in total. The number of anilines is 3. The van der Waals surface area contributed by atoms with Crippen LogP contribution in [-0.4, -0.2) is 69.8 Å². The van der Waals surface area contributed by atoms with E-state index in [-0.39, 0.29) is 12.6 Å². The SMILES string of the molecule is COc1nc2c(cc1Nc1ncc3ccnc(N4CCC[C@H]4CO)c3n1)CN(C)CC2. The van der Waals surface area contributed by atoms with Gasteiger partial charge in [-0.15, -0.1) is 0 Å². The molecular formula is C22H27N7O2. The maximum atomic E-state index is 9.75. The number of hydrogen-bond acceptors (Lipinski definition) is 9. The van der Waals surface area contributed by atoms with Crippen LogP contribution in [0.15, 0.2) is 24.5 Å². The van der Waals surface area contributed by atoms with Gasteiger partial charge in [-0.2, -0.15) is 0 Å². The van der Waals surface area contributed by atoms with E-state index in [1.54, 1.807) is 19.5 Å². The van der Waals surface area contributed by atoms with Crippen LogP contribution in [0.25, 0.3) is 10.9 Å². The molecule has 3 aromatic heterocycles. The van der Waals surface area contributed by atoms with Gasteiger partial charge in [0.1, 0.15) is 11.2 Å². The fourth-order valence-electron chi connectivity index (χ4n) is 4.48. The first-order valence-corrected chi connectivity index (χ1v) is 10.7. The Hall–Kier alpha value is -3.04. The van der Waals surface area contributed by atoms with Gasteiger partial charge in [0.2, 0.25) is 11.8 Å². The molecule has 0 radical (unpaired) electrons. The summed E-state index contributed by atoms with van der Waals surface area (Å²) in [4.78, 5) is 23.0. The van der Waals surface area contributed by atoms with Gasteiger partial charge < -0.3 is 25.0 Å². The summed E-state index contributed by atoms with van der Waals surface area (Å²) in [5, 5.41) is 14.0. The lowest BCUT2D eigenvalue weighted by Gasteiger charge is -2.25.